The number of anilines is 3. The first-order valence-electron chi connectivity index (χ1n) is 15.3. The smallest absolute Gasteiger partial charge is 0.257 e. The molecule has 12 heteroatoms. The van der Waals surface area contributed by atoms with Crippen LogP contribution < -0.4 is 19.4 Å². The Hall–Kier alpha value is -3.73. The Labute approximate surface area is 260 Å². The van der Waals surface area contributed by atoms with Gasteiger partial charge >= 0.3 is 0 Å². The standard InChI is InChI=1S/C32H40N6O5Si/c1-39-31-16-27(37-9-7-26(8-10-37)38-11-13-40-14-12-38)5-6-29(31)36-32-34-18-25(19-35-32)23-3-4-24(17-33)30(15-23)43-44(2)22-42-28-20-41-21-28/h3-6,15-16,18-19,26,28,44H,7-14,20-22H2,1-2H3,(H,34,35,36). The summed E-state index contributed by atoms with van der Waals surface area (Å²) in [4.78, 5) is 14.1. The van der Waals surface area contributed by atoms with E-state index in [0.29, 0.717) is 42.7 Å². The molecule has 0 saturated carbocycles. The molecule has 0 spiro atoms. The van der Waals surface area contributed by atoms with Crippen molar-refractivity contribution in [3.63, 3.8) is 0 Å². The Bertz CT molecular complexity index is 1440. The lowest BCUT2D eigenvalue weighted by molar-refractivity contribution is -0.120. The van der Waals surface area contributed by atoms with E-state index in [-0.39, 0.29) is 6.10 Å². The largest absolute Gasteiger partial charge is 0.543 e. The van der Waals surface area contributed by atoms with Crippen molar-refractivity contribution in [3.8, 4) is 28.7 Å². The van der Waals surface area contributed by atoms with Crippen molar-refractivity contribution in [2.24, 2.45) is 0 Å². The summed E-state index contributed by atoms with van der Waals surface area (Å²) in [6.45, 7) is 9.15. The molecule has 0 aliphatic carbocycles. The number of hydrogen-bond acceptors (Lipinski definition) is 11. The molecule has 4 heterocycles. The minimum Gasteiger partial charge on any atom is -0.543 e. The fraction of sp³-hybridized carbons (Fsp3) is 0.469. The lowest BCUT2D eigenvalue weighted by Gasteiger charge is -2.40. The van der Waals surface area contributed by atoms with Crippen molar-refractivity contribution >= 4 is 26.4 Å². The highest BCUT2D eigenvalue weighted by Gasteiger charge is 2.26. The highest BCUT2D eigenvalue weighted by molar-refractivity contribution is 6.51. The molecule has 0 bridgehead atoms. The molecule has 3 aliphatic heterocycles. The Morgan fingerprint density at radius 1 is 0.977 bits per heavy atom. The van der Waals surface area contributed by atoms with Crippen LogP contribution in [0.4, 0.5) is 17.3 Å². The maximum absolute atomic E-state index is 9.61. The predicted molar refractivity (Wildman–Crippen MR) is 170 cm³/mol. The summed E-state index contributed by atoms with van der Waals surface area (Å²) < 4.78 is 28.5. The number of hydrogen-bond donors (Lipinski definition) is 1. The van der Waals surface area contributed by atoms with Crippen LogP contribution in [0.25, 0.3) is 11.1 Å². The van der Waals surface area contributed by atoms with E-state index >= 15 is 0 Å². The molecule has 3 fully saturated rings. The normalized spacial score (nSPS) is 18.7. The number of nitrogens with one attached hydrogen (secondary N) is 1. The number of rotatable bonds is 11. The molecular formula is C32H40N6O5Si. The lowest BCUT2D eigenvalue weighted by Crippen LogP contribution is -2.49. The van der Waals surface area contributed by atoms with Gasteiger partial charge in [0.15, 0.2) is 0 Å². The number of benzene rings is 2. The number of nitrogens with zero attached hydrogens (tertiary/aromatic N) is 5. The third kappa shape index (κ3) is 7.31. The van der Waals surface area contributed by atoms with E-state index < -0.39 is 9.04 Å². The predicted octanol–water partition coefficient (Wildman–Crippen LogP) is 3.76. The van der Waals surface area contributed by atoms with E-state index in [4.69, 9.17) is 23.4 Å². The van der Waals surface area contributed by atoms with Crippen molar-refractivity contribution in [3.05, 3.63) is 54.4 Å². The fourth-order valence-corrected chi connectivity index (χ4v) is 7.04. The van der Waals surface area contributed by atoms with Gasteiger partial charge in [0.1, 0.15) is 23.7 Å². The zero-order valence-corrected chi connectivity index (χ0v) is 26.6. The van der Waals surface area contributed by atoms with Crippen LogP contribution in [0.15, 0.2) is 48.8 Å². The molecule has 232 valence electrons. The van der Waals surface area contributed by atoms with E-state index in [1.165, 1.54) is 0 Å². The van der Waals surface area contributed by atoms with Crippen molar-refractivity contribution in [2.45, 2.75) is 31.5 Å². The van der Waals surface area contributed by atoms with Crippen LogP contribution in [0.3, 0.4) is 0 Å². The lowest BCUT2D eigenvalue weighted by atomic mass is 10.0. The summed E-state index contributed by atoms with van der Waals surface area (Å²) in [7, 11) is -0.0102. The molecule has 3 saturated heterocycles. The first-order chi connectivity index (χ1) is 21.6. The first-order valence-corrected chi connectivity index (χ1v) is 17.8. The van der Waals surface area contributed by atoms with Gasteiger partial charge in [0, 0.05) is 61.9 Å². The molecular weight excluding hydrogens is 576 g/mol. The maximum Gasteiger partial charge on any atom is 0.257 e. The van der Waals surface area contributed by atoms with Gasteiger partial charge in [-0.1, -0.05) is 6.07 Å². The average molecular weight is 617 g/mol. The van der Waals surface area contributed by atoms with Gasteiger partial charge in [0.25, 0.3) is 9.04 Å². The number of aromatic nitrogens is 2. The fourth-order valence-electron chi connectivity index (χ4n) is 5.80. The van der Waals surface area contributed by atoms with Gasteiger partial charge in [-0.15, -0.1) is 0 Å². The monoisotopic (exact) mass is 616 g/mol. The van der Waals surface area contributed by atoms with E-state index in [1.54, 1.807) is 25.6 Å². The van der Waals surface area contributed by atoms with Gasteiger partial charge in [-0.2, -0.15) is 5.26 Å². The molecule has 11 nitrogen and oxygen atoms in total. The molecule has 6 rings (SSSR count). The molecule has 0 radical (unpaired) electrons. The summed E-state index contributed by atoms with van der Waals surface area (Å²) in [5, 5.41) is 12.9. The SMILES string of the molecule is COc1cc(N2CCC(N3CCOCC3)CC2)ccc1Nc1ncc(-c2ccc(C#N)c(O[SiH](C)COC3COC3)c2)cn1. The Morgan fingerprint density at radius 2 is 1.75 bits per heavy atom. The second kappa shape index (κ2) is 14.4. The Kier molecular flexibility index (Phi) is 9.89. The number of nitriles is 1. The minimum absolute atomic E-state index is 0.154. The van der Waals surface area contributed by atoms with Crippen molar-refractivity contribution in [1.82, 2.24) is 14.9 Å². The second-order valence-corrected chi connectivity index (χ2v) is 13.6. The van der Waals surface area contributed by atoms with Crippen LogP contribution in [-0.2, 0) is 14.2 Å². The highest BCUT2D eigenvalue weighted by Crippen LogP contribution is 2.33. The Balaban J connectivity index is 1.08. The quantitative estimate of drug-likeness (QED) is 0.318. The maximum atomic E-state index is 9.61. The van der Waals surface area contributed by atoms with E-state index in [1.807, 2.05) is 18.2 Å². The molecule has 1 atom stereocenters. The zero-order valence-electron chi connectivity index (χ0n) is 25.4. The van der Waals surface area contributed by atoms with Crippen molar-refractivity contribution < 1.29 is 23.4 Å². The molecule has 3 aliphatic rings. The molecule has 1 unspecified atom stereocenters. The van der Waals surface area contributed by atoms with Crippen molar-refractivity contribution in [1.29, 1.82) is 5.26 Å². The first kappa shape index (κ1) is 30.3. The number of ether oxygens (including phenoxy) is 4. The summed E-state index contributed by atoms with van der Waals surface area (Å²) in [5.41, 5.74) is 4.15. The van der Waals surface area contributed by atoms with Crippen LogP contribution in [0.5, 0.6) is 11.5 Å². The van der Waals surface area contributed by atoms with Crippen LogP contribution in [0.2, 0.25) is 6.55 Å². The summed E-state index contributed by atoms with van der Waals surface area (Å²) in [6, 6.07) is 14.6. The summed E-state index contributed by atoms with van der Waals surface area (Å²) in [6.07, 6.45) is 6.55. The molecule has 2 aromatic carbocycles. The molecule has 3 aromatic rings. The second-order valence-electron chi connectivity index (χ2n) is 11.4. The van der Waals surface area contributed by atoms with Gasteiger partial charge in [0.05, 0.1) is 51.0 Å². The van der Waals surface area contributed by atoms with E-state index in [0.717, 1.165) is 80.5 Å². The van der Waals surface area contributed by atoms with Gasteiger partial charge in [0.2, 0.25) is 5.95 Å². The van der Waals surface area contributed by atoms with Gasteiger partial charge < -0.3 is 33.6 Å². The zero-order chi connectivity index (χ0) is 30.3. The van der Waals surface area contributed by atoms with Crippen LogP contribution in [0, 0.1) is 11.3 Å². The molecule has 0 amide bonds. The van der Waals surface area contributed by atoms with E-state index in [2.05, 4.69) is 49.8 Å². The van der Waals surface area contributed by atoms with Crippen molar-refractivity contribution in [2.75, 3.05) is 76.2 Å². The van der Waals surface area contributed by atoms with Gasteiger partial charge in [-0.3, -0.25) is 4.90 Å². The summed E-state index contributed by atoms with van der Waals surface area (Å²) in [5.74, 6) is 1.77. The molecule has 44 heavy (non-hydrogen) atoms. The van der Waals surface area contributed by atoms with Crippen LogP contribution >= 0.6 is 0 Å². The third-order valence-corrected chi connectivity index (χ3v) is 9.73. The molecule has 1 aromatic heterocycles. The van der Waals surface area contributed by atoms with Gasteiger partial charge in [-0.05, 0) is 49.2 Å². The topological polar surface area (TPSA) is 114 Å². The summed E-state index contributed by atoms with van der Waals surface area (Å²) >= 11 is 0. The number of methoxy groups -OCH3 is 1. The average Bonchev–Trinajstić information content (AvgIpc) is 3.05. The van der Waals surface area contributed by atoms with Gasteiger partial charge in [-0.25, -0.2) is 9.97 Å². The number of piperidine rings is 1. The van der Waals surface area contributed by atoms with Crippen LogP contribution in [-0.4, -0.2) is 102 Å². The number of morpholine rings is 1. The minimum atomic E-state index is -1.69. The van der Waals surface area contributed by atoms with E-state index in [9.17, 15) is 5.26 Å². The molecule has 1 N–H and O–H groups in total. The van der Waals surface area contributed by atoms with Crippen LogP contribution in [0.1, 0.15) is 18.4 Å². The third-order valence-electron chi connectivity index (χ3n) is 8.41. The highest BCUT2D eigenvalue weighted by atomic mass is 28.3. The Morgan fingerprint density at radius 3 is 2.43 bits per heavy atom.